The smallest absolute Gasteiger partial charge is 0.255 e. The molecule has 10 heteroatoms. The van der Waals surface area contributed by atoms with Crippen molar-refractivity contribution in [1.29, 1.82) is 0 Å². The average Bonchev–Trinajstić information content (AvgIpc) is 3.45. The number of rotatable bonds is 9. The zero-order valence-electron chi connectivity index (χ0n) is 25.8. The first-order valence-electron chi connectivity index (χ1n) is 14.9. The predicted octanol–water partition coefficient (Wildman–Crippen LogP) is 4.29. The molecule has 0 atom stereocenters. The van der Waals surface area contributed by atoms with Crippen LogP contribution in [0.3, 0.4) is 0 Å². The number of nitrogens with one attached hydrogen (secondary N) is 2. The Morgan fingerprint density at radius 1 is 0.977 bits per heavy atom. The van der Waals surface area contributed by atoms with E-state index in [0.717, 1.165) is 55.2 Å². The van der Waals surface area contributed by atoms with E-state index in [9.17, 15) is 9.90 Å². The fourth-order valence-electron chi connectivity index (χ4n) is 4.72. The minimum atomic E-state index is -0.747. The van der Waals surface area contributed by atoms with E-state index in [1.54, 1.807) is 37.1 Å². The van der Waals surface area contributed by atoms with E-state index in [2.05, 4.69) is 66.5 Å². The summed E-state index contributed by atoms with van der Waals surface area (Å²) in [5.74, 6) is 6.52. The molecule has 0 bridgehead atoms. The molecule has 0 aliphatic carbocycles. The van der Waals surface area contributed by atoms with E-state index in [1.807, 2.05) is 43.5 Å². The number of aryl methyl sites for hydroxylation is 2. The van der Waals surface area contributed by atoms with Crippen molar-refractivity contribution in [2.75, 3.05) is 43.9 Å². The SMILES string of the molecule is Cc1ccc(C(=O)Nc2ccc(CN3CCN(C)CC3)cc2)cc1C#Cc1cnc(Nc2cnn(CCC(C)(C)O)c2)nc1. The fraction of sp³-hybridized carbons (Fsp3) is 0.353. The first-order valence-corrected chi connectivity index (χ1v) is 14.9. The van der Waals surface area contributed by atoms with Gasteiger partial charge in [-0.05, 0) is 69.6 Å². The zero-order chi connectivity index (χ0) is 31.1. The summed E-state index contributed by atoms with van der Waals surface area (Å²) >= 11 is 0. The summed E-state index contributed by atoms with van der Waals surface area (Å²) in [5, 5.41) is 20.4. The molecule has 0 radical (unpaired) electrons. The second kappa shape index (κ2) is 13.8. The van der Waals surface area contributed by atoms with Crippen LogP contribution >= 0.6 is 0 Å². The van der Waals surface area contributed by atoms with Crippen LogP contribution in [0, 0.1) is 18.8 Å². The number of carbonyl (C=O) groups is 1. The van der Waals surface area contributed by atoms with Gasteiger partial charge in [0.15, 0.2) is 0 Å². The third-order valence-corrected chi connectivity index (χ3v) is 7.55. The first-order chi connectivity index (χ1) is 21.1. The Bertz CT molecular complexity index is 1620. The lowest BCUT2D eigenvalue weighted by molar-refractivity contribution is 0.0651. The fourth-order valence-corrected chi connectivity index (χ4v) is 4.72. The van der Waals surface area contributed by atoms with Gasteiger partial charge in [0, 0.05) is 74.7 Å². The molecule has 0 saturated carbocycles. The van der Waals surface area contributed by atoms with Crippen molar-refractivity contribution in [3.8, 4) is 11.8 Å². The number of aliphatic hydroxyl groups is 1. The topological polar surface area (TPSA) is 111 Å². The van der Waals surface area contributed by atoms with Crippen molar-refractivity contribution in [3.05, 3.63) is 95.1 Å². The molecule has 1 aliphatic heterocycles. The molecular weight excluding hydrogens is 552 g/mol. The number of nitrogens with zero attached hydrogens (tertiary/aromatic N) is 6. The molecule has 0 unspecified atom stereocenters. The monoisotopic (exact) mass is 592 g/mol. The molecule has 228 valence electrons. The predicted molar refractivity (Wildman–Crippen MR) is 173 cm³/mol. The summed E-state index contributed by atoms with van der Waals surface area (Å²) in [7, 11) is 2.16. The maximum Gasteiger partial charge on any atom is 0.255 e. The van der Waals surface area contributed by atoms with Crippen molar-refractivity contribution < 1.29 is 9.90 Å². The second-order valence-corrected chi connectivity index (χ2v) is 12.0. The Kier molecular flexibility index (Phi) is 9.70. The van der Waals surface area contributed by atoms with Gasteiger partial charge in [0.05, 0.1) is 23.0 Å². The van der Waals surface area contributed by atoms with Gasteiger partial charge in [-0.1, -0.05) is 30.0 Å². The van der Waals surface area contributed by atoms with Crippen LogP contribution in [0.5, 0.6) is 0 Å². The average molecular weight is 593 g/mol. The van der Waals surface area contributed by atoms with Gasteiger partial charge in [0.2, 0.25) is 5.95 Å². The highest BCUT2D eigenvalue weighted by Crippen LogP contribution is 2.17. The lowest BCUT2D eigenvalue weighted by Crippen LogP contribution is -2.43. The lowest BCUT2D eigenvalue weighted by Gasteiger charge is -2.32. The Hall–Kier alpha value is -4.56. The molecule has 1 aliphatic rings. The number of hydrogen-bond acceptors (Lipinski definition) is 8. The molecule has 4 aromatic rings. The van der Waals surface area contributed by atoms with Crippen LogP contribution in [-0.2, 0) is 13.1 Å². The van der Waals surface area contributed by atoms with Crippen LogP contribution in [0.15, 0.2) is 67.3 Å². The third-order valence-electron chi connectivity index (χ3n) is 7.55. The van der Waals surface area contributed by atoms with E-state index < -0.39 is 5.60 Å². The van der Waals surface area contributed by atoms with Crippen LogP contribution in [0.4, 0.5) is 17.3 Å². The summed E-state index contributed by atoms with van der Waals surface area (Å²) in [4.78, 5) is 26.6. The zero-order valence-corrected chi connectivity index (χ0v) is 25.8. The van der Waals surface area contributed by atoms with Crippen LogP contribution in [-0.4, -0.2) is 79.4 Å². The van der Waals surface area contributed by atoms with Gasteiger partial charge in [0.1, 0.15) is 0 Å². The molecule has 10 nitrogen and oxygen atoms in total. The normalized spacial score (nSPS) is 14.1. The van der Waals surface area contributed by atoms with Gasteiger partial charge in [0.25, 0.3) is 5.91 Å². The Morgan fingerprint density at radius 3 is 2.41 bits per heavy atom. The van der Waals surface area contributed by atoms with E-state index in [4.69, 9.17) is 0 Å². The third kappa shape index (κ3) is 8.97. The highest BCUT2D eigenvalue weighted by atomic mass is 16.3. The summed E-state index contributed by atoms with van der Waals surface area (Å²) in [6.45, 7) is 11.4. The van der Waals surface area contributed by atoms with E-state index in [0.29, 0.717) is 30.0 Å². The molecule has 1 fully saturated rings. The van der Waals surface area contributed by atoms with Gasteiger partial charge >= 0.3 is 0 Å². The molecule has 44 heavy (non-hydrogen) atoms. The second-order valence-electron chi connectivity index (χ2n) is 12.0. The Balaban J connectivity index is 1.16. The van der Waals surface area contributed by atoms with Crippen LogP contribution in [0.1, 0.15) is 52.9 Å². The number of anilines is 3. The molecule has 0 spiro atoms. The minimum absolute atomic E-state index is 0.179. The maximum absolute atomic E-state index is 13.0. The summed E-state index contributed by atoms with van der Waals surface area (Å²) in [6.07, 6.45) is 7.44. The van der Waals surface area contributed by atoms with Crippen molar-refractivity contribution in [3.63, 3.8) is 0 Å². The molecule has 1 amide bonds. The molecule has 1 saturated heterocycles. The largest absolute Gasteiger partial charge is 0.390 e. The summed E-state index contributed by atoms with van der Waals surface area (Å²) < 4.78 is 1.77. The Labute approximate surface area is 259 Å². The van der Waals surface area contributed by atoms with Gasteiger partial charge in [-0.15, -0.1) is 0 Å². The number of hydrogen-bond donors (Lipinski definition) is 3. The van der Waals surface area contributed by atoms with Crippen molar-refractivity contribution in [2.24, 2.45) is 0 Å². The molecule has 3 heterocycles. The van der Waals surface area contributed by atoms with E-state index >= 15 is 0 Å². The number of carbonyl (C=O) groups excluding carboxylic acids is 1. The van der Waals surface area contributed by atoms with Crippen LogP contribution < -0.4 is 10.6 Å². The molecule has 5 rings (SSSR count). The highest BCUT2D eigenvalue weighted by Gasteiger charge is 2.15. The molecule has 2 aromatic heterocycles. The molecular formula is C34H40N8O2. The van der Waals surface area contributed by atoms with Crippen molar-refractivity contribution in [2.45, 2.75) is 45.9 Å². The van der Waals surface area contributed by atoms with Crippen molar-refractivity contribution >= 4 is 23.2 Å². The lowest BCUT2D eigenvalue weighted by atomic mass is 10.0. The quantitative estimate of drug-likeness (QED) is 0.247. The Morgan fingerprint density at radius 2 is 1.70 bits per heavy atom. The summed E-state index contributed by atoms with van der Waals surface area (Å²) in [5.41, 5.74) is 4.95. The summed E-state index contributed by atoms with van der Waals surface area (Å²) in [6, 6.07) is 13.6. The minimum Gasteiger partial charge on any atom is -0.390 e. The van der Waals surface area contributed by atoms with E-state index in [-0.39, 0.29) is 5.91 Å². The number of likely N-dealkylation sites (N-methyl/N-ethyl adjacent to an activating group) is 1. The van der Waals surface area contributed by atoms with Crippen LogP contribution in [0.25, 0.3) is 0 Å². The van der Waals surface area contributed by atoms with Gasteiger partial charge in [-0.25, -0.2) is 9.97 Å². The maximum atomic E-state index is 13.0. The van der Waals surface area contributed by atoms with Crippen LogP contribution in [0.2, 0.25) is 0 Å². The number of benzene rings is 2. The highest BCUT2D eigenvalue weighted by molar-refractivity contribution is 6.04. The van der Waals surface area contributed by atoms with E-state index in [1.165, 1.54) is 5.56 Å². The first kappa shape index (κ1) is 30.9. The number of piperazine rings is 1. The number of amides is 1. The molecule has 2 aromatic carbocycles. The van der Waals surface area contributed by atoms with Gasteiger partial charge < -0.3 is 20.6 Å². The van der Waals surface area contributed by atoms with Crippen molar-refractivity contribution in [1.82, 2.24) is 29.5 Å². The number of aromatic nitrogens is 4. The standard InChI is InChI=1S/C34H40N8O2/c1-25-5-9-29(32(43)38-30-11-7-26(8-12-30)23-41-17-15-40(4)16-18-41)19-28(25)10-6-27-20-35-33(36-21-27)39-31-22-37-42(24-31)14-13-34(2,3)44/h5,7-9,11-12,19-22,24,44H,13-18,23H2,1-4H3,(H,38,43)(H,35,36,39). The molecule has 3 N–H and O–H groups in total. The van der Waals surface area contributed by atoms with Gasteiger partial charge in [-0.2, -0.15) is 5.10 Å². The van der Waals surface area contributed by atoms with Gasteiger partial charge in [-0.3, -0.25) is 14.4 Å².